The highest BCUT2D eigenvalue weighted by Crippen LogP contribution is 2.17. The van der Waals surface area contributed by atoms with Gasteiger partial charge in [-0.15, -0.1) is 0 Å². The van der Waals surface area contributed by atoms with Crippen LogP contribution in [0.3, 0.4) is 0 Å². The summed E-state index contributed by atoms with van der Waals surface area (Å²) in [5, 5.41) is 13.0. The molecule has 1 unspecified atom stereocenters. The van der Waals surface area contributed by atoms with Crippen LogP contribution in [0.25, 0.3) is 0 Å². The Hall–Kier alpha value is -0.170. The molecular weight excluding hydrogens is 228 g/mol. The highest BCUT2D eigenvalue weighted by Gasteiger charge is 2.33. The predicted octanol–water partition coefficient (Wildman–Crippen LogP) is -0.324. The highest BCUT2D eigenvalue weighted by molar-refractivity contribution is 7.89. The maximum Gasteiger partial charge on any atom is 0.212 e. The van der Waals surface area contributed by atoms with Crippen molar-refractivity contribution in [3.8, 4) is 0 Å². The van der Waals surface area contributed by atoms with Gasteiger partial charge in [0.15, 0.2) is 0 Å². The van der Waals surface area contributed by atoms with Crippen molar-refractivity contribution in [3.05, 3.63) is 0 Å². The van der Waals surface area contributed by atoms with Gasteiger partial charge in [-0.3, -0.25) is 0 Å². The molecule has 0 bridgehead atoms. The van der Waals surface area contributed by atoms with Crippen LogP contribution < -0.4 is 10.0 Å². The Morgan fingerprint density at radius 2 is 2.06 bits per heavy atom. The summed E-state index contributed by atoms with van der Waals surface area (Å²) in [7, 11) is -3.30. The molecular formula is C10H22N2O3S. The fraction of sp³-hybridized carbons (Fsp3) is 1.00. The van der Waals surface area contributed by atoms with Crippen LogP contribution in [0, 0.1) is 5.41 Å². The Kier molecular flexibility index (Phi) is 3.99. The molecule has 1 atom stereocenters. The Balaban J connectivity index is 2.48. The lowest BCUT2D eigenvalue weighted by Crippen LogP contribution is -2.46. The average molecular weight is 250 g/mol. The van der Waals surface area contributed by atoms with E-state index in [0.717, 1.165) is 6.54 Å². The van der Waals surface area contributed by atoms with Gasteiger partial charge in [0.25, 0.3) is 0 Å². The van der Waals surface area contributed by atoms with Crippen LogP contribution in [0.1, 0.15) is 27.2 Å². The first-order chi connectivity index (χ1) is 7.12. The summed E-state index contributed by atoms with van der Waals surface area (Å²) in [6, 6.07) is 0. The molecule has 96 valence electrons. The largest absolute Gasteiger partial charge is 0.387 e. The second-order valence-corrected chi connectivity index (χ2v) is 7.60. The maximum atomic E-state index is 11.7. The van der Waals surface area contributed by atoms with E-state index in [-0.39, 0.29) is 17.7 Å². The first-order valence-corrected chi connectivity index (χ1v) is 7.18. The van der Waals surface area contributed by atoms with Crippen molar-refractivity contribution >= 4 is 10.0 Å². The molecule has 1 fully saturated rings. The molecule has 0 aromatic heterocycles. The molecule has 1 saturated heterocycles. The lowest BCUT2D eigenvalue weighted by Gasteiger charge is -2.23. The number of rotatable bonds is 4. The minimum Gasteiger partial charge on any atom is -0.387 e. The van der Waals surface area contributed by atoms with E-state index in [1.54, 1.807) is 0 Å². The van der Waals surface area contributed by atoms with E-state index >= 15 is 0 Å². The monoisotopic (exact) mass is 250 g/mol. The Morgan fingerprint density at radius 3 is 2.50 bits per heavy atom. The van der Waals surface area contributed by atoms with Crippen LogP contribution in [-0.4, -0.2) is 44.5 Å². The summed E-state index contributed by atoms with van der Waals surface area (Å²) in [6.45, 7) is 6.90. The molecule has 0 aromatic rings. The Morgan fingerprint density at radius 1 is 1.44 bits per heavy atom. The SMILES string of the molecule is CC(C)(C)CS(=O)(=O)NCC1(O)CCNC1. The summed E-state index contributed by atoms with van der Waals surface area (Å²) in [5.74, 6) is 0.0729. The second kappa shape index (κ2) is 4.60. The van der Waals surface area contributed by atoms with Gasteiger partial charge in [0.1, 0.15) is 0 Å². The molecule has 0 amide bonds. The van der Waals surface area contributed by atoms with Gasteiger partial charge in [-0.25, -0.2) is 13.1 Å². The standard InChI is InChI=1S/C10H22N2O3S/c1-9(2,3)8-16(14,15)12-7-10(13)4-5-11-6-10/h11-13H,4-8H2,1-3H3. The molecule has 3 N–H and O–H groups in total. The van der Waals surface area contributed by atoms with E-state index in [2.05, 4.69) is 10.0 Å². The van der Waals surface area contributed by atoms with Gasteiger partial charge in [-0.1, -0.05) is 20.8 Å². The first kappa shape index (κ1) is 13.9. The molecule has 1 aliphatic rings. The second-order valence-electron chi connectivity index (χ2n) is 5.79. The van der Waals surface area contributed by atoms with Crippen molar-refractivity contribution in [2.75, 3.05) is 25.4 Å². The topological polar surface area (TPSA) is 78.4 Å². The van der Waals surface area contributed by atoms with Gasteiger partial charge < -0.3 is 10.4 Å². The smallest absolute Gasteiger partial charge is 0.212 e. The van der Waals surface area contributed by atoms with Gasteiger partial charge in [0, 0.05) is 13.1 Å². The van der Waals surface area contributed by atoms with Gasteiger partial charge in [0.2, 0.25) is 10.0 Å². The lowest BCUT2D eigenvalue weighted by molar-refractivity contribution is 0.0667. The molecule has 16 heavy (non-hydrogen) atoms. The molecule has 1 heterocycles. The van der Waals surface area contributed by atoms with E-state index in [1.807, 2.05) is 20.8 Å². The maximum absolute atomic E-state index is 11.7. The number of nitrogens with one attached hydrogen (secondary N) is 2. The van der Waals surface area contributed by atoms with Crippen LogP contribution in [0.2, 0.25) is 0 Å². The highest BCUT2D eigenvalue weighted by atomic mass is 32.2. The summed E-state index contributed by atoms with van der Waals surface area (Å²) in [4.78, 5) is 0. The Labute approximate surface area is 97.7 Å². The third-order valence-corrected chi connectivity index (χ3v) is 4.30. The van der Waals surface area contributed by atoms with Gasteiger partial charge in [-0.2, -0.15) is 0 Å². The van der Waals surface area contributed by atoms with Gasteiger partial charge in [0.05, 0.1) is 11.4 Å². The van der Waals surface area contributed by atoms with Gasteiger partial charge in [-0.05, 0) is 18.4 Å². The van der Waals surface area contributed by atoms with Crippen LogP contribution in [0.15, 0.2) is 0 Å². The number of hydrogen-bond donors (Lipinski definition) is 3. The summed E-state index contributed by atoms with van der Waals surface area (Å²) < 4.78 is 25.9. The van der Waals surface area contributed by atoms with Gasteiger partial charge >= 0.3 is 0 Å². The van der Waals surface area contributed by atoms with Crippen LogP contribution in [-0.2, 0) is 10.0 Å². The molecule has 0 aromatic carbocycles. The van der Waals surface area contributed by atoms with Crippen molar-refractivity contribution in [1.82, 2.24) is 10.0 Å². The summed E-state index contributed by atoms with van der Waals surface area (Å²) >= 11 is 0. The Bertz CT molecular complexity index is 326. The molecule has 0 spiro atoms. The summed E-state index contributed by atoms with van der Waals surface area (Å²) in [5.41, 5.74) is -1.20. The van der Waals surface area contributed by atoms with Crippen LogP contribution in [0.4, 0.5) is 0 Å². The lowest BCUT2D eigenvalue weighted by atomic mass is 10.0. The molecule has 0 aliphatic carbocycles. The zero-order valence-electron chi connectivity index (χ0n) is 10.2. The minimum atomic E-state index is -3.30. The molecule has 1 aliphatic heterocycles. The first-order valence-electron chi connectivity index (χ1n) is 5.52. The van der Waals surface area contributed by atoms with Crippen molar-refractivity contribution < 1.29 is 13.5 Å². The predicted molar refractivity (Wildman–Crippen MR) is 63.7 cm³/mol. The normalized spacial score (nSPS) is 27.2. The number of aliphatic hydroxyl groups is 1. The van der Waals surface area contributed by atoms with Crippen molar-refractivity contribution in [1.29, 1.82) is 0 Å². The van der Waals surface area contributed by atoms with E-state index in [4.69, 9.17) is 0 Å². The zero-order chi connectivity index (χ0) is 12.4. The average Bonchev–Trinajstić information content (AvgIpc) is 2.46. The van der Waals surface area contributed by atoms with Crippen molar-refractivity contribution in [3.63, 3.8) is 0 Å². The molecule has 6 heteroatoms. The fourth-order valence-corrected chi connectivity index (χ4v) is 3.48. The van der Waals surface area contributed by atoms with E-state index in [1.165, 1.54) is 0 Å². The van der Waals surface area contributed by atoms with Crippen LogP contribution >= 0.6 is 0 Å². The quantitative estimate of drug-likeness (QED) is 0.639. The molecule has 0 radical (unpaired) electrons. The number of hydrogen-bond acceptors (Lipinski definition) is 4. The van der Waals surface area contributed by atoms with E-state index in [9.17, 15) is 13.5 Å². The van der Waals surface area contributed by atoms with E-state index in [0.29, 0.717) is 13.0 Å². The fourth-order valence-electron chi connectivity index (χ4n) is 1.75. The molecule has 5 nitrogen and oxygen atoms in total. The minimum absolute atomic E-state index is 0.0729. The van der Waals surface area contributed by atoms with Crippen LogP contribution in [0.5, 0.6) is 0 Å². The number of β-amino-alcohol motifs (C(OH)–C–C–N with tert-alkyl or cyclic N) is 1. The number of sulfonamides is 1. The molecule has 0 saturated carbocycles. The molecule has 1 rings (SSSR count). The third kappa shape index (κ3) is 4.78. The third-order valence-electron chi connectivity index (χ3n) is 2.47. The summed E-state index contributed by atoms with van der Waals surface area (Å²) in [6.07, 6.45) is 0.588. The zero-order valence-corrected chi connectivity index (χ0v) is 11.0. The van der Waals surface area contributed by atoms with E-state index < -0.39 is 15.6 Å². The van der Waals surface area contributed by atoms with Crippen molar-refractivity contribution in [2.45, 2.75) is 32.8 Å². The van der Waals surface area contributed by atoms with Crippen molar-refractivity contribution in [2.24, 2.45) is 5.41 Å².